The van der Waals surface area contributed by atoms with E-state index in [1.165, 1.54) is 11.3 Å². The van der Waals surface area contributed by atoms with Crippen LogP contribution in [0.25, 0.3) is 0 Å². The maximum atomic E-state index is 12.4. The lowest BCUT2D eigenvalue weighted by Gasteiger charge is -2.08. The molecule has 0 aliphatic heterocycles. The summed E-state index contributed by atoms with van der Waals surface area (Å²) < 4.78 is 12.5. The lowest BCUT2D eigenvalue weighted by molar-refractivity contribution is -0.117. The third-order valence-corrected chi connectivity index (χ3v) is 4.71. The van der Waals surface area contributed by atoms with E-state index in [0.29, 0.717) is 22.8 Å². The summed E-state index contributed by atoms with van der Waals surface area (Å²) in [6.07, 6.45) is 2.12. The smallest absolute Gasteiger partial charge is 0.252 e. The predicted molar refractivity (Wildman–Crippen MR) is 102 cm³/mol. The first-order valence-corrected chi connectivity index (χ1v) is 9.04. The number of hydrogen-bond donors (Lipinski definition) is 0. The van der Waals surface area contributed by atoms with Crippen molar-refractivity contribution in [2.24, 2.45) is 4.99 Å². The number of ether oxygens (including phenoxy) is 2. The van der Waals surface area contributed by atoms with Gasteiger partial charge >= 0.3 is 0 Å². The van der Waals surface area contributed by atoms with Crippen molar-refractivity contribution in [3.63, 3.8) is 0 Å². The summed E-state index contributed by atoms with van der Waals surface area (Å²) in [5.74, 6) is 1.10. The molecule has 0 spiro atoms. The van der Waals surface area contributed by atoms with Gasteiger partial charge in [-0.2, -0.15) is 4.99 Å². The number of amides is 1. The predicted octanol–water partition coefficient (Wildman–Crippen LogP) is 3.29. The Kier molecular flexibility index (Phi) is 5.86. The van der Waals surface area contributed by atoms with Gasteiger partial charge < -0.3 is 14.0 Å². The first kappa shape index (κ1) is 17.9. The number of carbonyl (C=O) groups is 1. The first-order chi connectivity index (χ1) is 12.7. The van der Waals surface area contributed by atoms with Gasteiger partial charge in [0, 0.05) is 29.8 Å². The summed E-state index contributed by atoms with van der Waals surface area (Å²) in [5, 5.41) is 1.93. The Labute approximate surface area is 156 Å². The van der Waals surface area contributed by atoms with Crippen molar-refractivity contribution in [1.82, 2.24) is 4.57 Å². The fourth-order valence-electron chi connectivity index (χ4n) is 2.59. The molecule has 0 saturated heterocycles. The molecule has 0 N–H and O–H groups in total. The number of carbonyl (C=O) groups excluding carboxylic acids is 1. The van der Waals surface area contributed by atoms with Gasteiger partial charge in [-0.3, -0.25) is 4.79 Å². The minimum Gasteiger partial charge on any atom is -0.497 e. The summed E-state index contributed by atoms with van der Waals surface area (Å²) >= 11 is 1.45. The van der Waals surface area contributed by atoms with E-state index in [9.17, 15) is 4.79 Å². The Bertz CT molecular complexity index is 945. The second kappa shape index (κ2) is 8.49. The Morgan fingerprint density at radius 1 is 1.12 bits per heavy atom. The summed E-state index contributed by atoms with van der Waals surface area (Å²) in [4.78, 5) is 17.4. The molecule has 0 bridgehead atoms. The van der Waals surface area contributed by atoms with Gasteiger partial charge in [-0.15, -0.1) is 11.3 Å². The first-order valence-electron chi connectivity index (χ1n) is 8.16. The van der Waals surface area contributed by atoms with Crippen LogP contribution in [-0.4, -0.2) is 24.7 Å². The number of benzene rings is 2. The Hall–Kier alpha value is -2.86. The number of rotatable bonds is 6. The Morgan fingerprint density at radius 2 is 1.92 bits per heavy atom. The van der Waals surface area contributed by atoms with E-state index in [-0.39, 0.29) is 12.3 Å². The normalized spacial score (nSPS) is 11.4. The number of thiazole rings is 1. The molecule has 0 atom stereocenters. The van der Waals surface area contributed by atoms with Gasteiger partial charge in [0.2, 0.25) is 0 Å². The highest BCUT2D eigenvalue weighted by molar-refractivity contribution is 7.07. The Morgan fingerprint density at radius 3 is 2.65 bits per heavy atom. The van der Waals surface area contributed by atoms with Gasteiger partial charge in [-0.25, -0.2) is 0 Å². The zero-order chi connectivity index (χ0) is 18.4. The molecule has 0 saturated carbocycles. The highest BCUT2D eigenvalue weighted by Crippen LogP contribution is 2.25. The fraction of sp³-hybridized carbons (Fsp3) is 0.200. The molecule has 3 rings (SSSR count). The molecule has 0 aliphatic carbocycles. The molecule has 2 aromatic carbocycles. The average molecular weight is 368 g/mol. The van der Waals surface area contributed by atoms with E-state index in [2.05, 4.69) is 17.1 Å². The van der Waals surface area contributed by atoms with Crippen LogP contribution >= 0.6 is 11.3 Å². The lowest BCUT2D eigenvalue weighted by Crippen LogP contribution is -2.17. The second-order valence-corrected chi connectivity index (χ2v) is 6.53. The number of nitrogens with zero attached hydrogens (tertiary/aromatic N) is 2. The van der Waals surface area contributed by atoms with E-state index < -0.39 is 0 Å². The largest absolute Gasteiger partial charge is 0.497 e. The van der Waals surface area contributed by atoms with E-state index in [4.69, 9.17) is 9.47 Å². The fourth-order valence-corrected chi connectivity index (χ4v) is 3.34. The van der Waals surface area contributed by atoms with Crippen LogP contribution in [0.1, 0.15) is 11.1 Å². The van der Waals surface area contributed by atoms with Crippen LogP contribution in [-0.2, 0) is 17.8 Å². The van der Waals surface area contributed by atoms with Crippen molar-refractivity contribution in [3.05, 3.63) is 76.0 Å². The van der Waals surface area contributed by atoms with Crippen LogP contribution < -0.4 is 14.3 Å². The van der Waals surface area contributed by atoms with Crippen LogP contribution in [0.15, 0.2) is 65.1 Å². The number of aromatic nitrogens is 1. The summed E-state index contributed by atoms with van der Waals surface area (Å²) in [7, 11) is 3.17. The van der Waals surface area contributed by atoms with Gasteiger partial charge in [-0.05, 0) is 11.6 Å². The zero-order valence-electron chi connectivity index (χ0n) is 14.7. The van der Waals surface area contributed by atoms with Crippen LogP contribution in [0.5, 0.6) is 11.5 Å². The molecule has 0 aliphatic rings. The molecule has 1 amide bonds. The van der Waals surface area contributed by atoms with Gasteiger partial charge in [0.1, 0.15) is 11.5 Å². The lowest BCUT2D eigenvalue weighted by atomic mass is 10.1. The van der Waals surface area contributed by atoms with Crippen LogP contribution in [0.4, 0.5) is 0 Å². The summed E-state index contributed by atoms with van der Waals surface area (Å²) in [6.45, 7) is 0.683. The van der Waals surface area contributed by atoms with Crippen molar-refractivity contribution in [3.8, 4) is 11.5 Å². The molecular formula is C20H20N2O3S. The number of methoxy groups -OCH3 is 2. The third-order valence-electron chi connectivity index (χ3n) is 3.91. The van der Waals surface area contributed by atoms with Gasteiger partial charge in [-0.1, -0.05) is 36.4 Å². The van der Waals surface area contributed by atoms with Crippen LogP contribution in [0.2, 0.25) is 0 Å². The van der Waals surface area contributed by atoms with Crippen LogP contribution in [0.3, 0.4) is 0 Å². The van der Waals surface area contributed by atoms with E-state index >= 15 is 0 Å². The SMILES string of the molecule is COc1ccc(CC(=O)N=c2sccn2Cc2ccccc2)c(OC)c1. The topological polar surface area (TPSA) is 52.8 Å². The molecule has 5 nitrogen and oxygen atoms in total. The summed E-state index contributed by atoms with van der Waals surface area (Å²) in [6, 6.07) is 15.5. The molecule has 0 radical (unpaired) electrons. The molecular weight excluding hydrogens is 348 g/mol. The van der Waals surface area contributed by atoms with Gasteiger partial charge in [0.15, 0.2) is 4.80 Å². The molecule has 26 heavy (non-hydrogen) atoms. The maximum Gasteiger partial charge on any atom is 0.252 e. The number of hydrogen-bond acceptors (Lipinski definition) is 4. The molecule has 3 aromatic rings. The van der Waals surface area contributed by atoms with E-state index in [1.807, 2.05) is 46.5 Å². The quantitative estimate of drug-likeness (QED) is 0.671. The molecule has 6 heteroatoms. The minimum atomic E-state index is -0.210. The molecule has 0 fully saturated rings. The maximum absolute atomic E-state index is 12.4. The van der Waals surface area contributed by atoms with E-state index in [0.717, 1.165) is 11.1 Å². The average Bonchev–Trinajstić information content (AvgIpc) is 3.09. The van der Waals surface area contributed by atoms with E-state index in [1.54, 1.807) is 20.3 Å². The highest BCUT2D eigenvalue weighted by Gasteiger charge is 2.10. The van der Waals surface area contributed by atoms with Crippen molar-refractivity contribution < 1.29 is 14.3 Å². The second-order valence-electron chi connectivity index (χ2n) is 5.66. The monoisotopic (exact) mass is 368 g/mol. The standard InChI is InChI=1S/C20H20N2O3S/c1-24-17-9-8-16(18(13-17)25-2)12-19(23)21-20-22(10-11-26-20)14-15-6-4-3-5-7-15/h3-11,13H,12,14H2,1-2H3. The van der Waals surface area contributed by atoms with Gasteiger partial charge in [0.25, 0.3) is 5.91 Å². The minimum absolute atomic E-state index is 0.177. The van der Waals surface area contributed by atoms with Crippen molar-refractivity contribution in [2.45, 2.75) is 13.0 Å². The highest BCUT2D eigenvalue weighted by atomic mass is 32.1. The van der Waals surface area contributed by atoms with Crippen molar-refractivity contribution in [2.75, 3.05) is 14.2 Å². The van der Waals surface area contributed by atoms with Crippen molar-refractivity contribution in [1.29, 1.82) is 0 Å². The third kappa shape index (κ3) is 4.40. The molecule has 1 aromatic heterocycles. The van der Waals surface area contributed by atoms with Crippen LogP contribution in [0, 0.1) is 0 Å². The Balaban J connectivity index is 1.79. The van der Waals surface area contributed by atoms with Crippen molar-refractivity contribution >= 4 is 17.2 Å². The molecule has 1 heterocycles. The zero-order valence-corrected chi connectivity index (χ0v) is 15.5. The molecule has 134 valence electrons. The molecule has 0 unspecified atom stereocenters. The summed E-state index contributed by atoms with van der Waals surface area (Å²) in [5.41, 5.74) is 1.95. The van der Waals surface area contributed by atoms with Gasteiger partial charge in [0.05, 0.1) is 20.6 Å².